The summed E-state index contributed by atoms with van der Waals surface area (Å²) in [4.78, 5) is 29.6. The number of aryl methyl sites for hydroxylation is 1. The van der Waals surface area contributed by atoms with Crippen LogP contribution in [0.2, 0.25) is 0 Å². The smallest absolute Gasteiger partial charge is 0.339 e. The molecule has 1 aromatic carbocycles. The van der Waals surface area contributed by atoms with Crippen LogP contribution < -0.4 is 5.32 Å². The lowest BCUT2D eigenvalue weighted by molar-refractivity contribution is -0.124. The highest BCUT2D eigenvalue weighted by Gasteiger charge is 2.29. The fourth-order valence-electron chi connectivity index (χ4n) is 3.82. The van der Waals surface area contributed by atoms with E-state index in [1.807, 2.05) is 31.2 Å². The highest BCUT2D eigenvalue weighted by molar-refractivity contribution is 6.05. The molecule has 1 fully saturated rings. The molecule has 1 amide bonds. The first-order valence-electron chi connectivity index (χ1n) is 9.50. The number of hydrogen-bond acceptors (Lipinski definition) is 4. The van der Waals surface area contributed by atoms with Gasteiger partial charge >= 0.3 is 5.97 Å². The monoisotopic (exact) mass is 352 g/mol. The molecule has 1 N–H and O–H groups in total. The lowest BCUT2D eigenvalue weighted by Crippen LogP contribution is -2.37. The van der Waals surface area contributed by atoms with Crippen molar-refractivity contribution < 1.29 is 14.3 Å². The average Bonchev–Trinajstić information content (AvgIpc) is 3.49. The lowest BCUT2D eigenvalue weighted by atomic mass is 9.90. The van der Waals surface area contributed by atoms with Crippen molar-refractivity contribution in [2.45, 2.75) is 51.5 Å². The number of nitrogens with zero attached hydrogens (tertiary/aromatic N) is 1. The number of rotatable bonds is 5. The predicted octanol–water partition coefficient (Wildman–Crippen LogP) is 3.19. The van der Waals surface area contributed by atoms with Crippen LogP contribution >= 0.6 is 0 Å². The predicted molar refractivity (Wildman–Crippen MR) is 99.0 cm³/mol. The molecule has 1 heterocycles. The fraction of sp³-hybridized carbons (Fsp3) is 0.476. The number of carbonyl (C=O) groups is 2. The van der Waals surface area contributed by atoms with Gasteiger partial charge in [0.15, 0.2) is 6.61 Å². The van der Waals surface area contributed by atoms with Gasteiger partial charge in [-0.05, 0) is 63.0 Å². The number of fused-ring (bicyclic) bond motifs is 2. The number of carbonyl (C=O) groups excluding carboxylic acids is 2. The molecule has 136 valence electrons. The number of amides is 1. The Hall–Kier alpha value is -2.43. The number of ether oxygens (including phenoxy) is 1. The molecule has 5 heteroatoms. The number of hydrogen-bond donors (Lipinski definition) is 1. The third-order valence-corrected chi connectivity index (χ3v) is 5.43. The molecular weight excluding hydrogens is 328 g/mol. The lowest BCUT2D eigenvalue weighted by Gasteiger charge is -2.20. The Morgan fingerprint density at radius 3 is 2.81 bits per heavy atom. The number of para-hydroxylation sites is 1. The summed E-state index contributed by atoms with van der Waals surface area (Å²) < 4.78 is 5.39. The van der Waals surface area contributed by atoms with Crippen LogP contribution in [0.3, 0.4) is 0 Å². The van der Waals surface area contributed by atoms with E-state index < -0.39 is 5.97 Å². The highest BCUT2D eigenvalue weighted by atomic mass is 16.5. The van der Waals surface area contributed by atoms with E-state index in [0.717, 1.165) is 60.7 Å². The number of aromatic nitrogens is 1. The minimum absolute atomic E-state index is 0.149. The third kappa shape index (κ3) is 3.43. The minimum Gasteiger partial charge on any atom is -0.452 e. The summed E-state index contributed by atoms with van der Waals surface area (Å²) in [5.74, 6) is -0.0771. The normalized spacial score (nSPS) is 17.4. The van der Waals surface area contributed by atoms with Gasteiger partial charge in [-0.15, -0.1) is 0 Å². The molecule has 2 aliphatic carbocycles. The topological polar surface area (TPSA) is 68.3 Å². The van der Waals surface area contributed by atoms with Crippen molar-refractivity contribution >= 4 is 22.8 Å². The first kappa shape index (κ1) is 17.0. The summed E-state index contributed by atoms with van der Waals surface area (Å²) in [6.45, 7) is 1.77. The van der Waals surface area contributed by atoms with Gasteiger partial charge in [0.1, 0.15) is 0 Å². The van der Waals surface area contributed by atoms with E-state index in [2.05, 4.69) is 5.32 Å². The van der Waals surface area contributed by atoms with Gasteiger partial charge in [0.05, 0.1) is 11.1 Å². The highest BCUT2D eigenvalue weighted by Crippen LogP contribution is 2.32. The van der Waals surface area contributed by atoms with E-state index in [1.54, 1.807) is 0 Å². The molecule has 0 unspecified atom stereocenters. The van der Waals surface area contributed by atoms with Crippen molar-refractivity contribution in [1.29, 1.82) is 0 Å². The Morgan fingerprint density at radius 2 is 2.00 bits per heavy atom. The van der Waals surface area contributed by atoms with Gasteiger partial charge in [0.2, 0.25) is 0 Å². The molecule has 0 spiro atoms. The fourth-order valence-corrected chi connectivity index (χ4v) is 3.82. The standard InChI is InChI=1S/C21H24N2O3/c1-13(14-10-11-14)22-19(24)12-26-21(25)20-15-6-2-4-8-17(15)23-18-9-5-3-7-16(18)20/h2,4,6,8,13-14H,3,5,7,9-12H2,1H3,(H,22,24)/t13-/m0/s1. The van der Waals surface area contributed by atoms with Crippen LogP contribution in [0.5, 0.6) is 0 Å². The second-order valence-corrected chi connectivity index (χ2v) is 7.41. The molecule has 2 aromatic rings. The molecule has 2 aliphatic rings. The van der Waals surface area contributed by atoms with E-state index in [4.69, 9.17) is 9.72 Å². The zero-order valence-electron chi connectivity index (χ0n) is 15.1. The van der Waals surface area contributed by atoms with Crippen LogP contribution in [-0.4, -0.2) is 29.5 Å². The summed E-state index contributed by atoms with van der Waals surface area (Å²) in [6.07, 6.45) is 6.19. The molecule has 0 bridgehead atoms. The third-order valence-electron chi connectivity index (χ3n) is 5.43. The Balaban J connectivity index is 1.55. The Bertz CT molecular complexity index is 858. The van der Waals surface area contributed by atoms with E-state index in [0.29, 0.717) is 11.5 Å². The second-order valence-electron chi connectivity index (χ2n) is 7.41. The van der Waals surface area contributed by atoms with Crippen LogP contribution in [0.15, 0.2) is 24.3 Å². The summed E-state index contributed by atoms with van der Waals surface area (Å²) >= 11 is 0. The maximum atomic E-state index is 12.8. The van der Waals surface area contributed by atoms with Crippen molar-refractivity contribution in [3.8, 4) is 0 Å². The molecule has 0 saturated heterocycles. The largest absolute Gasteiger partial charge is 0.452 e. The van der Waals surface area contributed by atoms with Crippen LogP contribution in [0.1, 0.15) is 54.2 Å². The summed E-state index contributed by atoms with van der Waals surface area (Å²) in [7, 11) is 0. The van der Waals surface area contributed by atoms with Crippen molar-refractivity contribution in [2.75, 3.05) is 6.61 Å². The number of pyridine rings is 1. The molecule has 1 aromatic heterocycles. The Labute approximate surface area is 153 Å². The average molecular weight is 352 g/mol. The zero-order chi connectivity index (χ0) is 18.1. The number of nitrogens with one attached hydrogen (secondary N) is 1. The second kappa shape index (κ2) is 7.06. The van der Waals surface area contributed by atoms with E-state index in [9.17, 15) is 9.59 Å². The Morgan fingerprint density at radius 1 is 1.23 bits per heavy atom. The number of benzene rings is 1. The quantitative estimate of drug-likeness (QED) is 0.839. The van der Waals surface area contributed by atoms with E-state index in [-0.39, 0.29) is 18.6 Å². The van der Waals surface area contributed by atoms with Gasteiger partial charge in [-0.3, -0.25) is 9.78 Å². The van der Waals surface area contributed by atoms with Gasteiger partial charge < -0.3 is 10.1 Å². The van der Waals surface area contributed by atoms with Gasteiger partial charge in [0, 0.05) is 17.1 Å². The van der Waals surface area contributed by atoms with Crippen molar-refractivity contribution in [1.82, 2.24) is 10.3 Å². The van der Waals surface area contributed by atoms with Crippen LogP contribution in [0.4, 0.5) is 0 Å². The van der Waals surface area contributed by atoms with E-state index in [1.165, 1.54) is 0 Å². The summed E-state index contributed by atoms with van der Waals surface area (Å²) in [5.41, 5.74) is 3.39. The van der Waals surface area contributed by atoms with Gasteiger partial charge in [0.25, 0.3) is 5.91 Å². The SMILES string of the molecule is C[C@H](NC(=O)COC(=O)c1c2c(nc3ccccc13)CCCC2)C1CC1. The molecular formula is C21H24N2O3. The molecule has 0 aliphatic heterocycles. The zero-order valence-corrected chi connectivity index (χ0v) is 15.1. The Kier molecular flexibility index (Phi) is 4.62. The van der Waals surface area contributed by atoms with Crippen molar-refractivity contribution in [2.24, 2.45) is 5.92 Å². The maximum Gasteiger partial charge on any atom is 0.339 e. The minimum atomic E-state index is -0.420. The molecule has 1 atom stereocenters. The van der Waals surface area contributed by atoms with Gasteiger partial charge in [-0.25, -0.2) is 4.79 Å². The molecule has 5 nitrogen and oxygen atoms in total. The van der Waals surface area contributed by atoms with Gasteiger partial charge in [-0.2, -0.15) is 0 Å². The van der Waals surface area contributed by atoms with Crippen molar-refractivity contribution in [3.05, 3.63) is 41.1 Å². The first-order chi connectivity index (χ1) is 12.6. The van der Waals surface area contributed by atoms with Crippen molar-refractivity contribution in [3.63, 3.8) is 0 Å². The number of esters is 1. The van der Waals surface area contributed by atoms with Crippen LogP contribution in [-0.2, 0) is 22.4 Å². The molecule has 0 radical (unpaired) electrons. The maximum absolute atomic E-state index is 12.8. The molecule has 4 rings (SSSR count). The summed E-state index contributed by atoms with van der Waals surface area (Å²) in [5, 5.41) is 3.73. The van der Waals surface area contributed by atoms with Crippen LogP contribution in [0.25, 0.3) is 10.9 Å². The molecule has 1 saturated carbocycles. The molecule has 26 heavy (non-hydrogen) atoms. The van der Waals surface area contributed by atoms with Gasteiger partial charge in [-0.1, -0.05) is 18.2 Å². The van der Waals surface area contributed by atoms with E-state index >= 15 is 0 Å². The van der Waals surface area contributed by atoms with Crippen LogP contribution in [0, 0.1) is 5.92 Å². The summed E-state index contributed by atoms with van der Waals surface area (Å²) in [6, 6.07) is 7.80. The first-order valence-corrected chi connectivity index (χ1v) is 9.50.